The number of amides is 1. The number of carbonyl (C=O) groups excluding carboxylic acids is 1. The third-order valence-corrected chi connectivity index (χ3v) is 6.03. The van der Waals surface area contributed by atoms with Gasteiger partial charge in [-0.25, -0.2) is 4.99 Å². The van der Waals surface area contributed by atoms with Crippen LogP contribution in [0.3, 0.4) is 0 Å². The maximum Gasteiger partial charge on any atom is 0.253 e. The van der Waals surface area contributed by atoms with E-state index in [9.17, 15) is 9.90 Å². The number of thiophene rings is 1. The van der Waals surface area contributed by atoms with Crippen molar-refractivity contribution in [1.82, 2.24) is 15.5 Å². The third kappa shape index (κ3) is 7.47. The zero-order valence-electron chi connectivity index (χ0n) is 18.3. The van der Waals surface area contributed by atoms with Gasteiger partial charge in [-0.3, -0.25) is 4.79 Å². The number of aliphatic imine (C=N–C) groups is 1. The number of benzene rings is 1. The van der Waals surface area contributed by atoms with E-state index in [1.807, 2.05) is 52.9 Å². The largest absolute Gasteiger partial charge is 0.384 e. The highest BCUT2D eigenvalue weighted by Gasteiger charge is 2.23. The van der Waals surface area contributed by atoms with Gasteiger partial charge in [0.15, 0.2) is 5.96 Å². The Labute approximate surface area is 206 Å². The molecule has 1 fully saturated rings. The number of rotatable bonds is 7. The van der Waals surface area contributed by atoms with Crippen molar-refractivity contribution in [1.29, 1.82) is 0 Å². The first kappa shape index (κ1) is 25.6. The summed E-state index contributed by atoms with van der Waals surface area (Å²) in [4.78, 5) is 19.2. The van der Waals surface area contributed by atoms with Gasteiger partial charge >= 0.3 is 0 Å². The van der Waals surface area contributed by atoms with Gasteiger partial charge in [0.2, 0.25) is 0 Å². The third-order valence-electron chi connectivity index (χ3n) is 5.35. The van der Waals surface area contributed by atoms with Crippen molar-refractivity contribution in [3.8, 4) is 0 Å². The Hall–Kier alpha value is -1.65. The molecular weight excluding hydrogens is 523 g/mol. The second kappa shape index (κ2) is 12.4. The van der Waals surface area contributed by atoms with Gasteiger partial charge in [-0.1, -0.05) is 12.1 Å². The van der Waals surface area contributed by atoms with E-state index in [4.69, 9.17) is 0 Å². The molecule has 170 valence electrons. The van der Waals surface area contributed by atoms with Crippen LogP contribution in [-0.2, 0) is 12.1 Å². The molecule has 1 amide bonds. The number of aliphatic hydroxyl groups is 1. The monoisotopic (exact) mass is 556 g/mol. The number of hydrogen-bond acceptors (Lipinski definition) is 4. The SMILES string of the molecule is CCNC(=NCc1ccc(C(=O)N2CCCCC2)cc1)NCC(C)(O)c1ccsc1.I. The van der Waals surface area contributed by atoms with E-state index >= 15 is 0 Å². The first-order valence-corrected chi connectivity index (χ1v) is 11.6. The molecule has 0 saturated carbocycles. The van der Waals surface area contributed by atoms with E-state index in [1.165, 1.54) is 6.42 Å². The Morgan fingerprint density at radius 1 is 1.16 bits per heavy atom. The molecule has 1 unspecified atom stereocenters. The van der Waals surface area contributed by atoms with Crippen LogP contribution >= 0.6 is 35.3 Å². The minimum atomic E-state index is -0.966. The van der Waals surface area contributed by atoms with E-state index in [0.717, 1.165) is 49.2 Å². The number of guanidine groups is 1. The molecule has 1 atom stereocenters. The fourth-order valence-electron chi connectivity index (χ4n) is 3.47. The molecule has 0 radical (unpaired) electrons. The number of nitrogens with one attached hydrogen (secondary N) is 2. The lowest BCUT2D eigenvalue weighted by molar-refractivity contribution is 0.0621. The van der Waals surface area contributed by atoms with Crippen molar-refractivity contribution < 1.29 is 9.90 Å². The van der Waals surface area contributed by atoms with Gasteiger partial charge in [-0.05, 0) is 73.2 Å². The molecule has 0 spiro atoms. The molecular formula is C23H33IN4O2S. The molecule has 1 aromatic heterocycles. The average molecular weight is 557 g/mol. The van der Waals surface area contributed by atoms with Crippen LogP contribution in [0.1, 0.15) is 54.6 Å². The van der Waals surface area contributed by atoms with Crippen LogP contribution in [-0.4, -0.2) is 48.1 Å². The highest BCUT2D eigenvalue weighted by Crippen LogP contribution is 2.22. The van der Waals surface area contributed by atoms with Gasteiger partial charge in [0.25, 0.3) is 5.91 Å². The summed E-state index contributed by atoms with van der Waals surface area (Å²) in [6, 6.07) is 9.65. The van der Waals surface area contributed by atoms with Crippen molar-refractivity contribution in [3.05, 3.63) is 57.8 Å². The highest BCUT2D eigenvalue weighted by molar-refractivity contribution is 14.0. The van der Waals surface area contributed by atoms with Crippen LogP contribution in [0.25, 0.3) is 0 Å². The predicted octanol–water partition coefficient (Wildman–Crippen LogP) is 3.96. The molecule has 3 rings (SSSR count). The molecule has 1 saturated heterocycles. The molecule has 1 aliphatic heterocycles. The Balaban J connectivity index is 0.00000341. The topological polar surface area (TPSA) is 77.0 Å². The van der Waals surface area contributed by atoms with Crippen molar-refractivity contribution in [3.63, 3.8) is 0 Å². The van der Waals surface area contributed by atoms with Crippen LogP contribution in [0.15, 0.2) is 46.1 Å². The van der Waals surface area contributed by atoms with Crippen LogP contribution < -0.4 is 10.6 Å². The zero-order chi connectivity index (χ0) is 21.4. The number of hydrogen-bond donors (Lipinski definition) is 3. The second-order valence-corrected chi connectivity index (χ2v) is 8.66. The molecule has 6 nitrogen and oxygen atoms in total. The van der Waals surface area contributed by atoms with Crippen LogP contribution in [0.4, 0.5) is 0 Å². The Kier molecular flexibility index (Phi) is 10.2. The molecule has 31 heavy (non-hydrogen) atoms. The normalized spacial score (nSPS) is 16.2. The van der Waals surface area contributed by atoms with Gasteiger partial charge in [0, 0.05) is 25.2 Å². The summed E-state index contributed by atoms with van der Waals surface area (Å²) in [5, 5.41) is 21.0. The summed E-state index contributed by atoms with van der Waals surface area (Å²) in [7, 11) is 0. The Bertz CT molecular complexity index is 832. The Morgan fingerprint density at radius 3 is 2.48 bits per heavy atom. The van der Waals surface area contributed by atoms with E-state index < -0.39 is 5.60 Å². The molecule has 2 aromatic rings. The van der Waals surface area contributed by atoms with E-state index in [1.54, 1.807) is 18.3 Å². The first-order valence-electron chi connectivity index (χ1n) is 10.6. The fourth-order valence-corrected chi connectivity index (χ4v) is 4.26. The summed E-state index contributed by atoms with van der Waals surface area (Å²) in [5.74, 6) is 0.775. The summed E-state index contributed by atoms with van der Waals surface area (Å²) in [6.07, 6.45) is 3.40. The molecule has 2 heterocycles. The summed E-state index contributed by atoms with van der Waals surface area (Å²) < 4.78 is 0. The summed E-state index contributed by atoms with van der Waals surface area (Å²) in [5.41, 5.74) is 1.70. The minimum Gasteiger partial charge on any atom is -0.384 e. The van der Waals surface area contributed by atoms with Gasteiger partial charge < -0.3 is 20.6 Å². The molecule has 8 heteroatoms. The Morgan fingerprint density at radius 2 is 1.87 bits per heavy atom. The standard InChI is InChI=1S/C23H32N4O2S.HI/c1-3-24-22(26-17-23(2,29)20-11-14-30-16-20)25-15-18-7-9-19(10-8-18)21(28)27-12-5-4-6-13-27;/h7-11,14,16,29H,3-6,12-13,15,17H2,1-2H3,(H2,24,25,26);1H. The maximum atomic E-state index is 12.6. The second-order valence-electron chi connectivity index (χ2n) is 7.88. The van der Waals surface area contributed by atoms with E-state index in [0.29, 0.717) is 19.0 Å². The lowest BCUT2D eigenvalue weighted by Crippen LogP contribution is -2.44. The molecule has 3 N–H and O–H groups in total. The molecule has 0 aliphatic carbocycles. The van der Waals surface area contributed by atoms with Crippen molar-refractivity contribution >= 4 is 47.2 Å². The average Bonchev–Trinajstić information content (AvgIpc) is 3.32. The van der Waals surface area contributed by atoms with Crippen molar-refractivity contribution in [2.45, 2.75) is 45.3 Å². The predicted molar refractivity (Wildman–Crippen MR) is 138 cm³/mol. The van der Waals surface area contributed by atoms with E-state index in [2.05, 4.69) is 15.6 Å². The summed E-state index contributed by atoms with van der Waals surface area (Å²) in [6.45, 7) is 7.11. The van der Waals surface area contributed by atoms with Gasteiger partial charge in [0.05, 0.1) is 13.1 Å². The van der Waals surface area contributed by atoms with Crippen LogP contribution in [0.2, 0.25) is 0 Å². The number of nitrogens with zero attached hydrogens (tertiary/aromatic N) is 2. The smallest absolute Gasteiger partial charge is 0.253 e. The zero-order valence-corrected chi connectivity index (χ0v) is 21.4. The van der Waals surface area contributed by atoms with Gasteiger partial charge in [-0.15, -0.1) is 24.0 Å². The van der Waals surface area contributed by atoms with Crippen LogP contribution in [0.5, 0.6) is 0 Å². The minimum absolute atomic E-state index is 0. The number of halogens is 1. The van der Waals surface area contributed by atoms with Gasteiger partial charge in [-0.2, -0.15) is 11.3 Å². The van der Waals surface area contributed by atoms with Gasteiger partial charge in [0.1, 0.15) is 5.60 Å². The lowest BCUT2D eigenvalue weighted by Gasteiger charge is -2.26. The lowest BCUT2D eigenvalue weighted by atomic mass is 9.99. The number of piperidine rings is 1. The summed E-state index contributed by atoms with van der Waals surface area (Å²) >= 11 is 1.57. The van der Waals surface area contributed by atoms with Crippen LogP contribution in [0, 0.1) is 0 Å². The molecule has 1 aliphatic rings. The van der Waals surface area contributed by atoms with Crippen molar-refractivity contribution in [2.75, 3.05) is 26.2 Å². The highest BCUT2D eigenvalue weighted by atomic mass is 127. The molecule has 1 aromatic carbocycles. The number of carbonyl (C=O) groups is 1. The fraction of sp³-hybridized carbons (Fsp3) is 0.478. The number of likely N-dealkylation sites (tertiary alicyclic amines) is 1. The quantitative estimate of drug-likeness (QED) is 0.274. The van der Waals surface area contributed by atoms with E-state index in [-0.39, 0.29) is 29.9 Å². The molecule has 0 bridgehead atoms. The first-order chi connectivity index (χ1) is 14.5. The maximum absolute atomic E-state index is 12.6. The van der Waals surface area contributed by atoms with Crippen molar-refractivity contribution in [2.24, 2.45) is 4.99 Å².